The molecule has 19 heavy (non-hydrogen) atoms. The van der Waals surface area contributed by atoms with Crippen molar-refractivity contribution in [1.29, 1.82) is 0 Å². The van der Waals surface area contributed by atoms with E-state index < -0.39 is 0 Å². The molecule has 0 aromatic carbocycles. The first kappa shape index (κ1) is 12.4. The molecule has 1 aliphatic rings. The molecule has 102 valence electrons. The summed E-state index contributed by atoms with van der Waals surface area (Å²) in [6, 6.07) is 0. The van der Waals surface area contributed by atoms with Crippen molar-refractivity contribution < 1.29 is 0 Å². The van der Waals surface area contributed by atoms with Gasteiger partial charge in [-0.3, -0.25) is 0 Å². The van der Waals surface area contributed by atoms with Crippen LogP contribution in [0.25, 0.3) is 0 Å². The molecule has 1 N–H and O–H groups in total. The van der Waals surface area contributed by atoms with Crippen LogP contribution in [0.15, 0.2) is 31.2 Å². The molecule has 0 unspecified atom stereocenters. The quantitative estimate of drug-likeness (QED) is 0.903. The van der Waals surface area contributed by atoms with Crippen molar-refractivity contribution in [3.63, 3.8) is 0 Å². The third kappa shape index (κ3) is 2.56. The topological polar surface area (TPSA) is 47.7 Å². The number of aryl methyl sites for hydroxylation is 2. The lowest BCUT2D eigenvalue weighted by atomic mass is 9.78. The fraction of sp³-hybridized carbons (Fsp3) is 0.571. The van der Waals surface area contributed by atoms with Gasteiger partial charge < -0.3 is 14.5 Å². The number of piperidine rings is 1. The third-order valence-corrected chi connectivity index (χ3v) is 4.20. The Hall–Kier alpha value is -1.62. The molecule has 0 saturated carbocycles. The van der Waals surface area contributed by atoms with E-state index in [2.05, 4.69) is 31.3 Å². The summed E-state index contributed by atoms with van der Waals surface area (Å²) < 4.78 is 4.40. The van der Waals surface area contributed by atoms with E-state index in [-0.39, 0.29) is 5.41 Å². The van der Waals surface area contributed by atoms with E-state index in [9.17, 15) is 0 Å². The lowest BCUT2D eigenvalue weighted by Crippen LogP contribution is -2.39. The van der Waals surface area contributed by atoms with E-state index in [1.807, 2.05) is 31.2 Å². The molecule has 1 fully saturated rings. The maximum Gasteiger partial charge on any atom is 0.0948 e. The molecular weight excluding hydrogens is 238 g/mol. The largest absolute Gasteiger partial charge is 0.336 e. The second kappa shape index (κ2) is 5.17. The number of hydrogen-bond donors (Lipinski definition) is 1. The first-order valence-corrected chi connectivity index (χ1v) is 6.95. The monoisotopic (exact) mass is 259 g/mol. The maximum atomic E-state index is 4.36. The van der Waals surface area contributed by atoms with Crippen LogP contribution in [-0.4, -0.2) is 32.2 Å². The molecule has 3 heterocycles. The van der Waals surface area contributed by atoms with Gasteiger partial charge in [0.15, 0.2) is 0 Å². The second-order valence-electron chi connectivity index (χ2n) is 5.58. The maximum absolute atomic E-state index is 4.36. The third-order valence-electron chi connectivity index (χ3n) is 4.20. The highest BCUT2D eigenvalue weighted by molar-refractivity contribution is 5.15. The van der Waals surface area contributed by atoms with E-state index >= 15 is 0 Å². The predicted octanol–water partition coefficient (Wildman–Crippen LogP) is 1.42. The van der Waals surface area contributed by atoms with Crippen molar-refractivity contribution in [3.05, 3.63) is 36.9 Å². The summed E-state index contributed by atoms with van der Waals surface area (Å²) >= 11 is 0. The van der Waals surface area contributed by atoms with Gasteiger partial charge in [-0.2, -0.15) is 0 Å². The van der Waals surface area contributed by atoms with Crippen LogP contribution in [0.3, 0.4) is 0 Å². The van der Waals surface area contributed by atoms with Gasteiger partial charge in [-0.25, -0.2) is 9.97 Å². The predicted molar refractivity (Wildman–Crippen MR) is 73.9 cm³/mol. The average Bonchev–Trinajstić information content (AvgIpc) is 3.09. The number of nitrogens with zero attached hydrogens (tertiary/aromatic N) is 4. The van der Waals surface area contributed by atoms with Crippen LogP contribution in [0.4, 0.5) is 0 Å². The smallest absolute Gasteiger partial charge is 0.0948 e. The Bertz CT molecular complexity index is 508. The molecule has 0 amide bonds. The molecule has 1 aliphatic heterocycles. The molecule has 5 nitrogen and oxygen atoms in total. The second-order valence-corrected chi connectivity index (χ2v) is 5.58. The van der Waals surface area contributed by atoms with Gasteiger partial charge in [0.05, 0.1) is 12.7 Å². The minimum absolute atomic E-state index is 0.261. The Morgan fingerprint density at radius 3 is 2.79 bits per heavy atom. The minimum Gasteiger partial charge on any atom is -0.336 e. The number of aromatic nitrogens is 4. The van der Waals surface area contributed by atoms with Gasteiger partial charge in [-0.15, -0.1) is 0 Å². The first-order chi connectivity index (χ1) is 9.28. The van der Waals surface area contributed by atoms with E-state index in [0.29, 0.717) is 0 Å². The molecular formula is C14H21N5. The summed E-state index contributed by atoms with van der Waals surface area (Å²) in [5.41, 5.74) is 1.63. The van der Waals surface area contributed by atoms with Crippen LogP contribution in [-0.2, 0) is 18.5 Å². The average molecular weight is 259 g/mol. The highest BCUT2D eigenvalue weighted by Gasteiger charge is 2.31. The number of imidazole rings is 2. The highest BCUT2D eigenvalue weighted by atomic mass is 15.1. The Morgan fingerprint density at radius 2 is 2.05 bits per heavy atom. The Kier molecular flexibility index (Phi) is 3.38. The molecule has 2 aromatic heterocycles. The van der Waals surface area contributed by atoms with Crippen molar-refractivity contribution in [1.82, 2.24) is 24.4 Å². The fourth-order valence-corrected chi connectivity index (χ4v) is 2.88. The van der Waals surface area contributed by atoms with Gasteiger partial charge in [0.1, 0.15) is 0 Å². The van der Waals surface area contributed by atoms with Gasteiger partial charge in [-0.1, -0.05) is 6.92 Å². The molecule has 5 heteroatoms. The van der Waals surface area contributed by atoms with Crippen molar-refractivity contribution in [2.45, 2.75) is 38.3 Å². The van der Waals surface area contributed by atoms with Gasteiger partial charge in [0.2, 0.25) is 0 Å². The molecule has 1 saturated heterocycles. The Labute approximate surface area is 113 Å². The van der Waals surface area contributed by atoms with Crippen LogP contribution < -0.4 is 5.32 Å². The van der Waals surface area contributed by atoms with Gasteiger partial charge in [0.25, 0.3) is 0 Å². The zero-order valence-corrected chi connectivity index (χ0v) is 11.4. The SMILES string of the molecule is CC1(c2cncn2CCn2ccnc2)CCNCC1. The lowest BCUT2D eigenvalue weighted by Gasteiger charge is -2.34. The standard InChI is InChI=1S/C14H21N5/c1-14(2-4-15-5-3-14)13-10-17-12-19(13)9-8-18-7-6-16-11-18/h6-7,10-12,15H,2-5,8-9H2,1H3. The number of hydrogen-bond acceptors (Lipinski definition) is 3. The highest BCUT2D eigenvalue weighted by Crippen LogP contribution is 2.32. The Morgan fingerprint density at radius 1 is 1.21 bits per heavy atom. The first-order valence-electron chi connectivity index (χ1n) is 6.95. The summed E-state index contributed by atoms with van der Waals surface area (Å²) in [6.45, 7) is 6.46. The lowest BCUT2D eigenvalue weighted by molar-refractivity contribution is 0.315. The van der Waals surface area contributed by atoms with Crippen LogP contribution in [0, 0.1) is 0 Å². The van der Waals surface area contributed by atoms with Crippen LogP contribution in [0.2, 0.25) is 0 Å². The zero-order chi connectivity index (χ0) is 13.1. The summed E-state index contributed by atoms with van der Waals surface area (Å²) in [5.74, 6) is 0. The fourth-order valence-electron chi connectivity index (χ4n) is 2.88. The van der Waals surface area contributed by atoms with Gasteiger partial charge in [-0.05, 0) is 25.9 Å². The zero-order valence-electron chi connectivity index (χ0n) is 11.4. The normalized spacial score (nSPS) is 18.6. The molecule has 0 bridgehead atoms. The van der Waals surface area contributed by atoms with E-state index in [4.69, 9.17) is 0 Å². The summed E-state index contributed by atoms with van der Waals surface area (Å²) in [4.78, 5) is 8.44. The van der Waals surface area contributed by atoms with Crippen molar-refractivity contribution in [2.75, 3.05) is 13.1 Å². The molecule has 0 radical (unpaired) electrons. The van der Waals surface area contributed by atoms with Crippen molar-refractivity contribution >= 4 is 0 Å². The van der Waals surface area contributed by atoms with Crippen LogP contribution >= 0.6 is 0 Å². The number of rotatable bonds is 4. The van der Waals surface area contributed by atoms with Gasteiger partial charge in [0, 0.05) is 42.8 Å². The summed E-state index contributed by atoms with van der Waals surface area (Å²) in [7, 11) is 0. The summed E-state index contributed by atoms with van der Waals surface area (Å²) in [6.07, 6.45) is 12.1. The minimum atomic E-state index is 0.261. The van der Waals surface area contributed by atoms with Crippen LogP contribution in [0.1, 0.15) is 25.5 Å². The molecule has 0 spiro atoms. The molecule has 2 aromatic rings. The number of nitrogens with one attached hydrogen (secondary N) is 1. The van der Waals surface area contributed by atoms with E-state index in [1.165, 1.54) is 18.5 Å². The van der Waals surface area contributed by atoms with Gasteiger partial charge >= 0.3 is 0 Å². The molecule has 3 rings (SSSR count). The Balaban J connectivity index is 1.74. The van der Waals surface area contributed by atoms with Crippen molar-refractivity contribution in [3.8, 4) is 0 Å². The van der Waals surface area contributed by atoms with Crippen molar-refractivity contribution in [2.24, 2.45) is 0 Å². The van der Waals surface area contributed by atoms with E-state index in [1.54, 1.807) is 0 Å². The van der Waals surface area contributed by atoms with Crippen LogP contribution in [0.5, 0.6) is 0 Å². The van der Waals surface area contributed by atoms with E-state index in [0.717, 1.165) is 26.2 Å². The molecule has 0 aliphatic carbocycles. The molecule has 0 atom stereocenters. The summed E-state index contributed by atoms with van der Waals surface area (Å²) in [5, 5.41) is 3.43.